The maximum atomic E-state index is 11.1. The van der Waals surface area contributed by atoms with E-state index in [1.807, 2.05) is 0 Å². The number of carbonyl (C=O) groups excluding carboxylic acids is 1. The quantitative estimate of drug-likeness (QED) is 0.129. The van der Waals surface area contributed by atoms with Crippen LogP contribution in [-0.2, 0) is 24.3 Å². The molecule has 5 heteroatoms. The minimum Gasteiger partial charge on any atom is -0.369 e. The van der Waals surface area contributed by atoms with Gasteiger partial charge in [-0.05, 0) is 37.1 Å². The molecule has 1 aliphatic heterocycles. The van der Waals surface area contributed by atoms with Crippen LogP contribution in [0.1, 0.15) is 84.0 Å². The van der Waals surface area contributed by atoms with E-state index in [2.05, 4.69) is 33.9 Å². The maximum Gasteiger partial charge on any atom is 0.345 e. The number of rotatable bonds is 16. The van der Waals surface area contributed by atoms with E-state index < -0.39 is 0 Å². The molecule has 1 fully saturated rings. The van der Waals surface area contributed by atoms with Gasteiger partial charge in [-0.2, -0.15) is 4.89 Å². The second-order valence-corrected chi connectivity index (χ2v) is 6.41. The first kappa shape index (κ1) is 21.1. The van der Waals surface area contributed by atoms with E-state index in [1.165, 1.54) is 45.6 Å². The first-order valence-electron chi connectivity index (χ1n) is 9.48. The minimum atomic E-state index is -0.380. The zero-order valence-electron chi connectivity index (χ0n) is 15.3. The molecule has 24 heavy (non-hydrogen) atoms. The Morgan fingerprint density at radius 1 is 1.00 bits per heavy atom. The Morgan fingerprint density at radius 3 is 2.58 bits per heavy atom. The first-order chi connectivity index (χ1) is 11.8. The summed E-state index contributed by atoms with van der Waals surface area (Å²) in [4.78, 5) is 19.7. The van der Waals surface area contributed by atoms with Crippen LogP contribution in [-0.4, -0.2) is 25.3 Å². The predicted molar refractivity (Wildman–Crippen MR) is 93.1 cm³/mol. The van der Waals surface area contributed by atoms with Crippen LogP contribution in [0.5, 0.6) is 0 Å². The van der Waals surface area contributed by atoms with E-state index in [-0.39, 0.29) is 5.97 Å². The fourth-order valence-corrected chi connectivity index (χ4v) is 2.76. The van der Waals surface area contributed by atoms with Crippen molar-refractivity contribution < 1.29 is 24.3 Å². The van der Waals surface area contributed by atoms with Crippen molar-refractivity contribution in [3.63, 3.8) is 0 Å². The molecule has 0 aromatic carbocycles. The van der Waals surface area contributed by atoms with Crippen LogP contribution >= 0.6 is 0 Å². The number of hydrogen-bond acceptors (Lipinski definition) is 5. The van der Waals surface area contributed by atoms with Gasteiger partial charge in [0.1, 0.15) is 0 Å². The Bertz CT molecular complexity index is 343. The third kappa shape index (κ3) is 11.6. The average Bonchev–Trinajstić information content (AvgIpc) is 3.33. The van der Waals surface area contributed by atoms with Crippen molar-refractivity contribution >= 4 is 5.97 Å². The van der Waals surface area contributed by atoms with E-state index in [4.69, 9.17) is 4.74 Å². The Morgan fingerprint density at radius 2 is 1.79 bits per heavy atom. The van der Waals surface area contributed by atoms with Gasteiger partial charge in [0.25, 0.3) is 0 Å². The lowest BCUT2D eigenvalue weighted by Crippen LogP contribution is -2.04. The highest BCUT2D eigenvalue weighted by Gasteiger charge is 2.36. The summed E-state index contributed by atoms with van der Waals surface area (Å²) in [7, 11) is 1.30. The molecule has 140 valence electrons. The summed E-state index contributed by atoms with van der Waals surface area (Å²) in [6.45, 7) is 2.24. The van der Waals surface area contributed by atoms with Crippen molar-refractivity contribution in [2.75, 3.05) is 7.11 Å². The Balaban J connectivity index is 1.80. The number of hydrogen-bond donors (Lipinski definition) is 0. The molecule has 0 bridgehead atoms. The van der Waals surface area contributed by atoms with E-state index >= 15 is 0 Å². The van der Waals surface area contributed by atoms with Crippen molar-refractivity contribution in [2.45, 2.75) is 96.2 Å². The smallest absolute Gasteiger partial charge is 0.345 e. The van der Waals surface area contributed by atoms with Crippen molar-refractivity contribution in [3.8, 4) is 0 Å². The highest BCUT2D eigenvalue weighted by atomic mass is 17.5. The summed E-state index contributed by atoms with van der Waals surface area (Å²) in [5.74, 6) is -0.380. The molecule has 1 rings (SSSR count). The third-order valence-corrected chi connectivity index (χ3v) is 4.26. The Kier molecular flexibility index (Phi) is 12.7. The van der Waals surface area contributed by atoms with E-state index in [0.29, 0.717) is 18.6 Å². The normalized spacial score (nSPS) is 19.8. The van der Waals surface area contributed by atoms with Crippen LogP contribution in [0.4, 0.5) is 0 Å². The summed E-state index contributed by atoms with van der Waals surface area (Å²) in [5, 5.41) is 4.11. The van der Waals surface area contributed by atoms with Crippen molar-refractivity contribution in [1.82, 2.24) is 0 Å². The first-order valence-corrected chi connectivity index (χ1v) is 9.48. The number of epoxide rings is 1. The van der Waals surface area contributed by atoms with E-state index in [9.17, 15) is 4.79 Å². The van der Waals surface area contributed by atoms with Crippen LogP contribution in [0.3, 0.4) is 0 Å². The van der Waals surface area contributed by atoms with Gasteiger partial charge in [-0.15, -0.1) is 0 Å². The van der Waals surface area contributed by atoms with Crippen molar-refractivity contribution in [1.29, 1.82) is 0 Å². The van der Waals surface area contributed by atoms with Gasteiger partial charge in [-0.1, -0.05) is 57.6 Å². The van der Waals surface area contributed by atoms with Gasteiger partial charge in [0.2, 0.25) is 0 Å². The minimum absolute atomic E-state index is 0.379. The molecule has 2 unspecified atom stereocenters. The second-order valence-electron chi connectivity index (χ2n) is 6.41. The number of allylic oxidation sites excluding steroid dienone is 1. The molecule has 0 radical (unpaired) electrons. The zero-order valence-corrected chi connectivity index (χ0v) is 15.3. The number of carbonyl (C=O) groups is 1. The van der Waals surface area contributed by atoms with Gasteiger partial charge < -0.3 is 4.74 Å². The Labute approximate surface area is 146 Å². The standard InChI is InChI=1S/C19H34O5/c1-3-4-11-14-17-18(22-17)15-12-9-7-5-6-8-10-13-16-19(20)23-24-21-2/h9,12,17-18H,3-8,10-11,13-16H2,1-2H3/b12-9+. The largest absolute Gasteiger partial charge is 0.369 e. The van der Waals surface area contributed by atoms with Gasteiger partial charge in [0, 0.05) is 6.42 Å². The summed E-state index contributed by atoms with van der Waals surface area (Å²) in [6, 6.07) is 0. The lowest BCUT2D eigenvalue weighted by molar-refractivity contribution is -0.475. The molecular formula is C19H34O5. The van der Waals surface area contributed by atoms with E-state index in [1.54, 1.807) is 0 Å². The summed E-state index contributed by atoms with van der Waals surface area (Å²) in [6.07, 6.45) is 18.7. The van der Waals surface area contributed by atoms with Crippen molar-refractivity contribution in [3.05, 3.63) is 12.2 Å². The molecule has 0 N–H and O–H groups in total. The summed E-state index contributed by atoms with van der Waals surface area (Å²) >= 11 is 0. The number of unbranched alkanes of at least 4 members (excludes halogenated alkanes) is 7. The molecule has 1 saturated heterocycles. The molecule has 1 aliphatic rings. The molecule has 0 saturated carbocycles. The molecule has 0 amide bonds. The summed E-state index contributed by atoms with van der Waals surface area (Å²) in [5.41, 5.74) is 0. The third-order valence-electron chi connectivity index (χ3n) is 4.26. The average molecular weight is 342 g/mol. The monoisotopic (exact) mass is 342 g/mol. The van der Waals surface area contributed by atoms with Gasteiger partial charge >= 0.3 is 5.97 Å². The molecule has 2 atom stereocenters. The van der Waals surface area contributed by atoms with Gasteiger partial charge in [0.15, 0.2) is 0 Å². The highest BCUT2D eigenvalue weighted by molar-refractivity contribution is 5.68. The predicted octanol–water partition coefficient (Wildman–Crippen LogP) is 5.05. The molecule has 0 spiro atoms. The van der Waals surface area contributed by atoms with Crippen LogP contribution in [0.2, 0.25) is 0 Å². The molecule has 0 aromatic heterocycles. The fourth-order valence-electron chi connectivity index (χ4n) is 2.76. The number of ether oxygens (including phenoxy) is 1. The van der Waals surface area contributed by atoms with Crippen LogP contribution < -0.4 is 0 Å². The van der Waals surface area contributed by atoms with Crippen LogP contribution in [0.15, 0.2) is 12.2 Å². The van der Waals surface area contributed by atoms with Gasteiger partial charge in [0.05, 0.1) is 19.3 Å². The van der Waals surface area contributed by atoms with E-state index in [0.717, 1.165) is 32.1 Å². The molecule has 0 aromatic rings. The maximum absolute atomic E-state index is 11.1. The highest BCUT2D eigenvalue weighted by Crippen LogP contribution is 2.30. The molecule has 0 aliphatic carbocycles. The van der Waals surface area contributed by atoms with Gasteiger partial charge in [-0.25, -0.2) is 4.79 Å². The van der Waals surface area contributed by atoms with Crippen LogP contribution in [0, 0.1) is 0 Å². The second kappa shape index (κ2) is 14.4. The SMILES string of the molecule is CCCCCC1OC1C/C=C/CCCCCCCC(=O)OOOC. The zero-order chi connectivity index (χ0) is 17.5. The lowest BCUT2D eigenvalue weighted by atomic mass is 10.1. The molecule has 5 nitrogen and oxygen atoms in total. The fraction of sp³-hybridized carbons (Fsp3) is 0.842. The molecule has 1 heterocycles. The topological polar surface area (TPSA) is 57.3 Å². The molecular weight excluding hydrogens is 308 g/mol. The Hall–Kier alpha value is -0.910. The summed E-state index contributed by atoms with van der Waals surface area (Å²) < 4.78 is 5.67. The lowest BCUT2D eigenvalue weighted by Gasteiger charge is -2.00. The van der Waals surface area contributed by atoms with Gasteiger partial charge in [-0.3, -0.25) is 4.89 Å². The van der Waals surface area contributed by atoms with Crippen LogP contribution in [0.25, 0.3) is 0 Å². The van der Waals surface area contributed by atoms with Crippen molar-refractivity contribution in [2.24, 2.45) is 0 Å².